The highest BCUT2D eigenvalue weighted by atomic mass is 16.5. The molecular formula is C18H24N4O2. The Morgan fingerprint density at radius 2 is 2.17 bits per heavy atom. The van der Waals surface area contributed by atoms with Crippen molar-refractivity contribution in [3.8, 4) is 11.3 Å². The van der Waals surface area contributed by atoms with Crippen molar-refractivity contribution < 1.29 is 9.32 Å². The number of aromatic nitrogens is 1. The maximum absolute atomic E-state index is 11.9. The number of hydrogen-bond donors (Lipinski definition) is 2. The molecule has 0 radical (unpaired) electrons. The van der Waals surface area contributed by atoms with Gasteiger partial charge in [-0.1, -0.05) is 42.4 Å². The zero-order chi connectivity index (χ0) is 16.8. The molecule has 0 bridgehead atoms. The number of amides is 2. The second-order valence-electron chi connectivity index (χ2n) is 6.16. The quantitative estimate of drug-likeness (QED) is 0.855. The lowest BCUT2D eigenvalue weighted by Crippen LogP contribution is -2.38. The molecule has 0 saturated carbocycles. The first-order valence-electron chi connectivity index (χ1n) is 8.49. The number of nitrogens with one attached hydrogen (secondary N) is 2. The van der Waals surface area contributed by atoms with Crippen molar-refractivity contribution in [3.05, 3.63) is 42.2 Å². The van der Waals surface area contributed by atoms with Crippen LogP contribution in [0.15, 0.2) is 40.9 Å². The van der Waals surface area contributed by atoms with Gasteiger partial charge in [0.05, 0.1) is 6.54 Å². The summed E-state index contributed by atoms with van der Waals surface area (Å²) in [5.74, 6) is 1.19. The van der Waals surface area contributed by atoms with Gasteiger partial charge in [-0.05, 0) is 25.4 Å². The summed E-state index contributed by atoms with van der Waals surface area (Å²) < 4.78 is 5.28. The lowest BCUT2D eigenvalue weighted by Gasteiger charge is -2.13. The lowest BCUT2D eigenvalue weighted by molar-refractivity contribution is 0.236. The Kier molecular flexibility index (Phi) is 5.48. The van der Waals surface area contributed by atoms with E-state index in [-0.39, 0.29) is 6.03 Å². The van der Waals surface area contributed by atoms with E-state index in [1.807, 2.05) is 36.4 Å². The third-order valence-corrected chi connectivity index (χ3v) is 4.42. The number of benzene rings is 1. The SMILES string of the molecule is CCN1CCC(CNC(=O)NCc2cc(-c3ccccc3)no2)C1. The zero-order valence-electron chi connectivity index (χ0n) is 14.0. The normalized spacial score (nSPS) is 17.8. The van der Waals surface area contributed by atoms with Crippen LogP contribution in [-0.2, 0) is 6.54 Å². The Balaban J connectivity index is 1.41. The second-order valence-corrected chi connectivity index (χ2v) is 6.16. The van der Waals surface area contributed by atoms with E-state index in [0.717, 1.165) is 37.3 Å². The fourth-order valence-electron chi connectivity index (χ4n) is 2.97. The van der Waals surface area contributed by atoms with Crippen LogP contribution in [0.25, 0.3) is 11.3 Å². The van der Waals surface area contributed by atoms with Crippen LogP contribution in [0.3, 0.4) is 0 Å². The Morgan fingerprint density at radius 1 is 1.33 bits per heavy atom. The summed E-state index contributed by atoms with van der Waals surface area (Å²) in [5.41, 5.74) is 1.78. The highest BCUT2D eigenvalue weighted by Crippen LogP contribution is 2.18. The number of nitrogens with zero attached hydrogens (tertiary/aromatic N) is 2. The molecule has 2 heterocycles. The Labute approximate surface area is 142 Å². The molecule has 1 fully saturated rings. The summed E-state index contributed by atoms with van der Waals surface area (Å²) in [6, 6.07) is 11.5. The molecule has 1 aromatic heterocycles. The predicted octanol–water partition coefficient (Wildman–Crippen LogP) is 2.48. The zero-order valence-corrected chi connectivity index (χ0v) is 14.0. The molecule has 24 heavy (non-hydrogen) atoms. The van der Waals surface area contributed by atoms with Gasteiger partial charge in [0.25, 0.3) is 0 Å². The molecule has 3 rings (SSSR count). The molecule has 2 aromatic rings. The Bertz CT molecular complexity index is 656. The molecule has 0 spiro atoms. The fourth-order valence-corrected chi connectivity index (χ4v) is 2.97. The van der Waals surface area contributed by atoms with E-state index >= 15 is 0 Å². The summed E-state index contributed by atoms with van der Waals surface area (Å²) in [5, 5.41) is 9.79. The van der Waals surface area contributed by atoms with Crippen molar-refractivity contribution in [2.45, 2.75) is 19.9 Å². The highest BCUT2D eigenvalue weighted by molar-refractivity contribution is 5.73. The maximum Gasteiger partial charge on any atom is 0.315 e. The standard InChI is InChI=1S/C18H24N4O2/c1-2-22-9-8-14(13-22)11-19-18(23)20-12-16-10-17(21-24-16)15-6-4-3-5-7-15/h3-7,10,14H,2,8-9,11-13H2,1H3,(H2,19,20,23). The molecule has 6 heteroatoms. The van der Waals surface area contributed by atoms with Crippen LogP contribution in [0.4, 0.5) is 4.79 Å². The number of likely N-dealkylation sites (tertiary alicyclic amines) is 1. The molecule has 6 nitrogen and oxygen atoms in total. The number of urea groups is 1. The first-order chi connectivity index (χ1) is 11.7. The van der Waals surface area contributed by atoms with E-state index in [1.165, 1.54) is 0 Å². The molecule has 1 unspecified atom stereocenters. The lowest BCUT2D eigenvalue weighted by atomic mass is 10.1. The van der Waals surface area contributed by atoms with Crippen molar-refractivity contribution in [2.75, 3.05) is 26.2 Å². The van der Waals surface area contributed by atoms with E-state index in [2.05, 4.69) is 27.6 Å². The molecule has 0 aliphatic carbocycles. The van der Waals surface area contributed by atoms with Gasteiger partial charge in [-0.25, -0.2) is 4.79 Å². The van der Waals surface area contributed by atoms with Gasteiger partial charge in [-0.3, -0.25) is 0 Å². The molecular weight excluding hydrogens is 304 g/mol. The van der Waals surface area contributed by atoms with Crippen molar-refractivity contribution in [1.29, 1.82) is 0 Å². The van der Waals surface area contributed by atoms with Crippen LogP contribution in [0.1, 0.15) is 19.1 Å². The topological polar surface area (TPSA) is 70.4 Å². The predicted molar refractivity (Wildman–Crippen MR) is 92.4 cm³/mol. The van der Waals surface area contributed by atoms with Gasteiger partial charge in [0.2, 0.25) is 0 Å². The van der Waals surface area contributed by atoms with Crippen molar-refractivity contribution >= 4 is 6.03 Å². The minimum atomic E-state index is -0.164. The first kappa shape index (κ1) is 16.5. The Morgan fingerprint density at radius 3 is 2.92 bits per heavy atom. The average Bonchev–Trinajstić information content (AvgIpc) is 3.28. The smallest absolute Gasteiger partial charge is 0.315 e. The van der Waals surface area contributed by atoms with Crippen LogP contribution >= 0.6 is 0 Å². The molecule has 2 N–H and O–H groups in total. The molecule has 1 aliphatic heterocycles. The monoisotopic (exact) mass is 328 g/mol. The minimum absolute atomic E-state index is 0.164. The van der Waals surface area contributed by atoms with E-state index < -0.39 is 0 Å². The van der Waals surface area contributed by atoms with E-state index in [0.29, 0.717) is 24.8 Å². The summed E-state index contributed by atoms with van der Waals surface area (Å²) >= 11 is 0. The molecule has 128 valence electrons. The van der Waals surface area contributed by atoms with Gasteiger partial charge in [-0.15, -0.1) is 0 Å². The summed E-state index contributed by atoms with van der Waals surface area (Å²) in [6.45, 7) is 6.50. The Hall–Kier alpha value is -2.34. The third kappa shape index (κ3) is 4.35. The fraction of sp³-hybridized carbons (Fsp3) is 0.444. The van der Waals surface area contributed by atoms with Gasteiger partial charge in [0.15, 0.2) is 5.76 Å². The largest absolute Gasteiger partial charge is 0.359 e. The van der Waals surface area contributed by atoms with Crippen LogP contribution in [0, 0.1) is 5.92 Å². The number of carbonyl (C=O) groups is 1. The molecule has 1 atom stereocenters. The van der Waals surface area contributed by atoms with Crippen LogP contribution < -0.4 is 10.6 Å². The molecule has 2 amide bonds. The van der Waals surface area contributed by atoms with Crippen LogP contribution in [0.2, 0.25) is 0 Å². The minimum Gasteiger partial charge on any atom is -0.359 e. The summed E-state index contributed by atoms with van der Waals surface area (Å²) in [6.07, 6.45) is 1.15. The maximum atomic E-state index is 11.9. The molecule has 1 saturated heterocycles. The van der Waals surface area contributed by atoms with E-state index in [9.17, 15) is 4.79 Å². The van der Waals surface area contributed by atoms with Gasteiger partial charge in [-0.2, -0.15) is 0 Å². The average molecular weight is 328 g/mol. The van der Waals surface area contributed by atoms with E-state index in [1.54, 1.807) is 0 Å². The van der Waals surface area contributed by atoms with Gasteiger partial charge >= 0.3 is 6.03 Å². The third-order valence-electron chi connectivity index (χ3n) is 4.42. The summed E-state index contributed by atoms with van der Waals surface area (Å²) in [7, 11) is 0. The summed E-state index contributed by atoms with van der Waals surface area (Å²) in [4.78, 5) is 14.3. The number of hydrogen-bond acceptors (Lipinski definition) is 4. The second kappa shape index (κ2) is 7.97. The van der Waals surface area contributed by atoms with Crippen molar-refractivity contribution in [3.63, 3.8) is 0 Å². The van der Waals surface area contributed by atoms with Gasteiger partial charge in [0, 0.05) is 24.7 Å². The van der Waals surface area contributed by atoms with E-state index in [4.69, 9.17) is 4.52 Å². The van der Waals surface area contributed by atoms with Gasteiger partial charge in [0.1, 0.15) is 5.69 Å². The van der Waals surface area contributed by atoms with Crippen molar-refractivity contribution in [1.82, 2.24) is 20.7 Å². The van der Waals surface area contributed by atoms with Gasteiger partial charge < -0.3 is 20.1 Å². The van der Waals surface area contributed by atoms with Crippen LogP contribution in [-0.4, -0.2) is 42.3 Å². The first-order valence-corrected chi connectivity index (χ1v) is 8.49. The molecule has 1 aliphatic rings. The number of rotatable bonds is 6. The van der Waals surface area contributed by atoms with Crippen LogP contribution in [0.5, 0.6) is 0 Å². The number of carbonyl (C=O) groups excluding carboxylic acids is 1. The highest BCUT2D eigenvalue weighted by Gasteiger charge is 2.21. The van der Waals surface area contributed by atoms with Crippen molar-refractivity contribution in [2.24, 2.45) is 5.92 Å². The molecule has 1 aromatic carbocycles.